The number of unbranched alkanes of at least 4 members (excludes halogenated alkanes) is 6. The van der Waals surface area contributed by atoms with Crippen LogP contribution >= 0.6 is 23.5 Å². The minimum atomic E-state index is -0.439. The van der Waals surface area contributed by atoms with Gasteiger partial charge in [0.1, 0.15) is 0 Å². The first-order chi connectivity index (χ1) is 23.5. The molecule has 0 saturated carbocycles. The normalized spacial score (nSPS) is 16.5. The Bertz CT molecular complexity index is 1320. The minimum Gasteiger partial charge on any atom is -0.387 e. The van der Waals surface area contributed by atoms with Gasteiger partial charge in [-0.05, 0) is 130 Å². The number of thioether (sulfide) groups is 2. The van der Waals surface area contributed by atoms with Crippen LogP contribution in [0.2, 0.25) is 0 Å². The van der Waals surface area contributed by atoms with E-state index < -0.39 is 12.2 Å². The fourth-order valence-electron chi connectivity index (χ4n) is 6.59. The van der Waals surface area contributed by atoms with Crippen molar-refractivity contribution in [2.45, 2.75) is 138 Å². The van der Waals surface area contributed by atoms with Gasteiger partial charge in [-0.3, -0.25) is 0 Å². The highest BCUT2D eigenvalue weighted by Crippen LogP contribution is 2.33. The van der Waals surface area contributed by atoms with Crippen LogP contribution in [0, 0.1) is 0 Å². The molecule has 48 heavy (non-hydrogen) atoms. The van der Waals surface area contributed by atoms with Crippen LogP contribution in [0.15, 0.2) is 76.5 Å². The molecule has 0 saturated heterocycles. The van der Waals surface area contributed by atoms with Crippen molar-refractivity contribution in [1.82, 2.24) is 10.6 Å². The lowest BCUT2D eigenvalue weighted by Crippen LogP contribution is -2.33. The van der Waals surface area contributed by atoms with Crippen molar-refractivity contribution in [3.8, 4) is 0 Å². The Balaban J connectivity index is 0.000000218. The van der Waals surface area contributed by atoms with Crippen LogP contribution in [0.4, 0.5) is 0 Å². The molecule has 0 bridgehead atoms. The van der Waals surface area contributed by atoms with Crippen molar-refractivity contribution >= 4 is 23.5 Å². The van der Waals surface area contributed by atoms with Crippen molar-refractivity contribution in [2.75, 3.05) is 24.6 Å². The Morgan fingerprint density at radius 2 is 1.12 bits per heavy atom. The molecule has 264 valence electrons. The molecule has 3 aromatic carbocycles. The highest BCUT2D eigenvalue weighted by molar-refractivity contribution is 7.99. The topological polar surface area (TPSA) is 64.5 Å². The second-order valence-electron chi connectivity index (χ2n) is 13.7. The van der Waals surface area contributed by atoms with Gasteiger partial charge in [-0.15, -0.1) is 23.5 Å². The largest absolute Gasteiger partial charge is 0.387 e. The van der Waals surface area contributed by atoms with Crippen LogP contribution in [0.5, 0.6) is 0 Å². The molecule has 3 aromatic rings. The number of nitrogens with one attached hydrogen (secondary N) is 2. The maximum atomic E-state index is 10.7. The predicted octanol–water partition coefficient (Wildman–Crippen LogP) is 9.86. The summed E-state index contributed by atoms with van der Waals surface area (Å²) in [4.78, 5) is 2.80. The van der Waals surface area contributed by atoms with E-state index in [1.807, 2.05) is 23.5 Å². The summed E-state index contributed by atoms with van der Waals surface area (Å²) in [5.74, 6) is 2.45. The van der Waals surface area contributed by atoms with E-state index in [-0.39, 0.29) is 12.1 Å². The second kappa shape index (κ2) is 22.1. The molecule has 5 rings (SSSR count). The van der Waals surface area contributed by atoms with E-state index in [0.29, 0.717) is 0 Å². The number of hydrogen-bond donors (Lipinski definition) is 4. The van der Waals surface area contributed by atoms with E-state index in [1.165, 1.54) is 95.8 Å². The van der Waals surface area contributed by atoms with Crippen molar-refractivity contribution in [2.24, 2.45) is 0 Å². The Hall–Kier alpha value is -1.80. The van der Waals surface area contributed by atoms with Crippen molar-refractivity contribution < 1.29 is 10.2 Å². The van der Waals surface area contributed by atoms with Crippen LogP contribution in [0.1, 0.15) is 125 Å². The first-order valence-corrected chi connectivity index (χ1v) is 20.8. The van der Waals surface area contributed by atoms with Gasteiger partial charge in [0.05, 0.1) is 12.2 Å². The van der Waals surface area contributed by atoms with Gasteiger partial charge in [0.2, 0.25) is 0 Å². The van der Waals surface area contributed by atoms with E-state index in [2.05, 4.69) is 98.1 Å². The van der Waals surface area contributed by atoms with E-state index in [4.69, 9.17) is 0 Å². The van der Waals surface area contributed by atoms with E-state index in [9.17, 15) is 10.2 Å². The van der Waals surface area contributed by atoms with Gasteiger partial charge < -0.3 is 20.8 Å². The summed E-state index contributed by atoms with van der Waals surface area (Å²) in [6.07, 6.45) is 15.3. The monoisotopic (exact) mass is 690 g/mol. The summed E-state index contributed by atoms with van der Waals surface area (Å²) in [5, 5.41) is 28.2. The molecule has 4 atom stereocenters. The maximum absolute atomic E-state index is 10.7. The third-order valence-corrected chi connectivity index (χ3v) is 12.1. The van der Waals surface area contributed by atoms with E-state index in [0.717, 1.165) is 49.9 Å². The van der Waals surface area contributed by atoms with Crippen LogP contribution in [-0.4, -0.2) is 46.9 Å². The summed E-state index contributed by atoms with van der Waals surface area (Å²) in [6, 6.07) is 23.8. The number of rotatable bonds is 18. The molecule has 0 radical (unpaired) electrons. The average Bonchev–Trinajstić information content (AvgIpc) is 3.13. The van der Waals surface area contributed by atoms with Gasteiger partial charge in [-0.2, -0.15) is 0 Å². The Kier molecular flexibility index (Phi) is 18.0. The molecular weight excluding hydrogens is 629 g/mol. The maximum Gasteiger partial charge on any atom is 0.0940 e. The summed E-state index contributed by atoms with van der Waals surface area (Å²) < 4.78 is 0. The Morgan fingerprint density at radius 3 is 1.67 bits per heavy atom. The number of hydrogen-bond acceptors (Lipinski definition) is 6. The Labute approximate surface area is 300 Å². The van der Waals surface area contributed by atoms with Gasteiger partial charge in [0.25, 0.3) is 0 Å². The third-order valence-electron chi connectivity index (χ3n) is 9.69. The zero-order chi connectivity index (χ0) is 34.0. The molecule has 0 aliphatic carbocycles. The van der Waals surface area contributed by atoms with Gasteiger partial charge in [0, 0.05) is 21.9 Å². The van der Waals surface area contributed by atoms with Gasteiger partial charge in [-0.1, -0.05) is 93.6 Å². The quantitative estimate of drug-likeness (QED) is 0.0997. The molecule has 0 spiro atoms. The van der Waals surface area contributed by atoms with Crippen LogP contribution in [0.3, 0.4) is 0 Å². The molecule has 4 nitrogen and oxygen atoms in total. The predicted molar refractivity (Wildman–Crippen MR) is 209 cm³/mol. The van der Waals surface area contributed by atoms with Crippen molar-refractivity contribution in [3.63, 3.8) is 0 Å². The highest BCUT2D eigenvalue weighted by atomic mass is 32.2. The van der Waals surface area contributed by atoms with Crippen molar-refractivity contribution in [1.29, 1.82) is 0 Å². The molecule has 4 N–H and O–H groups in total. The third kappa shape index (κ3) is 13.2. The van der Waals surface area contributed by atoms with Crippen LogP contribution in [0.25, 0.3) is 0 Å². The number of aryl methyl sites for hydroxylation is 3. The Morgan fingerprint density at radius 1 is 0.625 bits per heavy atom. The van der Waals surface area contributed by atoms with Crippen LogP contribution < -0.4 is 10.6 Å². The SMILES string of the molecule is CC(NCCCCc1ccccc1)C(O)c1ccc2c(c1)CCCS2.CCCCCCCCNC(C)C(O)c1ccc2c(c1)CCCS2. The van der Waals surface area contributed by atoms with Crippen molar-refractivity contribution in [3.05, 3.63) is 94.5 Å². The standard InChI is InChI=1S/C22H29NOS.C20H33NOS/c1-17(23-14-6-5-10-18-8-3-2-4-9-18)22(24)20-12-13-21-19(16-20)11-7-15-25-21;1-3-4-5-6-7-8-13-21-16(2)20(22)18-11-12-19-17(15-18)10-9-14-23-19/h2-4,8-9,12-13,16-17,22-24H,5-7,10-11,14-15H2,1H3;11-12,15-16,20-22H,3-10,13-14H2,1-2H3. The van der Waals surface area contributed by atoms with Gasteiger partial charge in [-0.25, -0.2) is 0 Å². The van der Waals surface area contributed by atoms with Crippen LogP contribution in [-0.2, 0) is 19.3 Å². The van der Waals surface area contributed by atoms with E-state index in [1.54, 1.807) is 0 Å². The fraction of sp³-hybridized carbons (Fsp3) is 0.571. The lowest BCUT2D eigenvalue weighted by atomic mass is 9.99. The highest BCUT2D eigenvalue weighted by Gasteiger charge is 2.20. The molecular formula is C42H62N2O2S2. The van der Waals surface area contributed by atoms with E-state index >= 15 is 0 Å². The number of aliphatic hydroxyl groups excluding tert-OH is 2. The minimum absolute atomic E-state index is 0.0750. The summed E-state index contributed by atoms with van der Waals surface area (Å²) in [7, 11) is 0. The number of fused-ring (bicyclic) bond motifs is 2. The second-order valence-corrected chi connectivity index (χ2v) is 16.0. The molecule has 2 aliphatic heterocycles. The summed E-state index contributed by atoms with van der Waals surface area (Å²) in [6.45, 7) is 8.38. The van der Waals surface area contributed by atoms with Gasteiger partial charge >= 0.3 is 0 Å². The lowest BCUT2D eigenvalue weighted by molar-refractivity contribution is 0.135. The summed E-state index contributed by atoms with van der Waals surface area (Å²) in [5.41, 5.74) is 6.34. The van der Waals surface area contributed by atoms with Gasteiger partial charge in [0.15, 0.2) is 0 Å². The smallest absolute Gasteiger partial charge is 0.0940 e. The molecule has 0 amide bonds. The molecule has 4 unspecified atom stereocenters. The first kappa shape index (κ1) is 39.0. The molecule has 0 aromatic heterocycles. The number of benzene rings is 3. The first-order valence-electron chi connectivity index (χ1n) is 18.8. The average molecular weight is 691 g/mol. The molecule has 2 heterocycles. The molecule has 0 fully saturated rings. The molecule has 6 heteroatoms. The number of aliphatic hydroxyl groups is 2. The lowest BCUT2D eigenvalue weighted by Gasteiger charge is -2.23. The zero-order valence-electron chi connectivity index (χ0n) is 29.9. The fourth-order valence-corrected chi connectivity index (χ4v) is 8.63. The summed E-state index contributed by atoms with van der Waals surface area (Å²) >= 11 is 3.88. The molecule has 2 aliphatic rings. The zero-order valence-corrected chi connectivity index (χ0v) is 31.5.